The quantitative estimate of drug-likeness (QED) is 0.389. The van der Waals surface area contributed by atoms with Gasteiger partial charge in [-0.05, 0) is 19.3 Å². The second-order valence-corrected chi connectivity index (χ2v) is 8.62. The molecular weight excluding hydrogens is 442 g/mol. The van der Waals surface area contributed by atoms with Crippen molar-refractivity contribution >= 4 is 34.0 Å². The van der Waals surface area contributed by atoms with Gasteiger partial charge in [-0.1, -0.05) is 11.6 Å². The number of fused-ring (bicyclic) bond motifs is 2. The van der Waals surface area contributed by atoms with E-state index in [-0.39, 0.29) is 11.1 Å². The largest absolute Gasteiger partial charge is 0.373 e. The van der Waals surface area contributed by atoms with Crippen LogP contribution < -0.4 is 5.32 Å². The summed E-state index contributed by atoms with van der Waals surface area (Å²) in [6.45, 7) is 0.579. The first-order valence-electron chi connectivity index (χ1n) is 10.4. The van der Waals surface area contributed by atoms with Crippen LogP contribution in [0.3, 0.4) is 0 Å². The molecule has 6 rings (SSSR count). The van der Waals surface area contributed by atoms with Crippen molar-refractivity contribution in [1.82, 2.24) is 24.6 Å². The maximum Gasteiger partial charge on any atom is 0.157 e. The van der Waals surface area contributed by atoms with Crippen molar-refractivity contribution in [3.05, 3.63) is 41.2 Å². The summed E-state index contributed by atoms with van der Waals surface area (Å²) < 4.78 is 36.0. The third-order valence-electron chi connectivity index (χ3n) is 6.14. The van der Waals surface area contributed by atoms with Crippen molar-refractivity contribution < 1.29 is 18.6 Å². The topological polar surface area (TPSA) is 100 Å². The summed E-state index contributed by atoms with van der Waals surface area (Å²) in [4.78, 5) is 8.78. The second-order valence-electron chi connectivity index (χ2n) is 8.25. The molecule has 166 valence electrons. The molecule has 1 saturated carbocycles. The van der Waals surface area contributed by atoms with Crippen LogP contribution in [0.4, 0.5) is 14.6 Å². The molecule has 4 aromatic rings. The lowest BCUT2D eigenvalue weighted by molar-refractivity contribution is 0.110. The number of benzene rings is 1. The third kappa shape index (κ3) is 3.13. The summed E-state index contributed by atoms with van der Waals surface area (Å²) in [6.07, 6.45) is 5.98. The molecule has 1 aliphatic carbocycles. The van der Waals surface area contributed by atoms with Gasteiger partial charge in [-0.2, -0.15) is 5.10 Å². The monoisotopic (exact) mass is 460 g/mol. The standard InChI is InChI=1S/C21H19ClF2N6O2/c22-18-16(10-5-26-29-20(10)17(19(18)24)13-2-1-3-32-13)12-7-30-8-14(27-15(30)6-25-12)28-21(31)9-4-11(9)23/h5-9,11,13,21,28,31H,1-4H2,(H,26,29)/t9-,11+,13?,21?/m1/s1. The molecule has 2 fully saturated rings. The number of aliphatic hydroxyl groups is 1. The molecule has 0 spiro atoms. The average Bonchev–Trinajstić information content (AvgIpc) is 3.21. The van der Waals surface area contributed by atoms with Crippen molar-refractivity contribution in [2.45, 2.75) is 37.8 Å². The van der Waals surface area contributed by atoms with Crippen molar-refractivity contribution in [3.8, 4) is 11.3 Å². The lowest BCUT2D eigenvalue weighted by Crippen LogP contribution is -2.22. The number of anilines is 1. The van der Waals surface area contributed by atoms with Gasteiger partial charge in [0.2, 0.25) is 0 Å². The van der Waals surface area contributed by atoms with Crippen LogP contribution in [-0.4, -0.2) is 48.7 Å². The predicted octanol–water partition coefficient (Wildman–Crippen LogP) is 4.00. The predicted molar refractivity (Wildman–Crippen MR) is 114 cm³/mol. The van der Waals surface area contributed by atoms with Gasteiger partial charge in [0.15, 0.2) is 5.65 Å². The number of halogens is 3. The normalized spacial score (nSPS) is 23.8. The highest BCUT2D eigenvalue weighted by Gasteiger charge is 2.43. The number of aromatic amines is 1. The molecule has 1 saturated heterocycles. The molecule has 4 atom stereocenters. The van der Waals surface area contributed by atoms with E-state index >= 15 is 4.39 Å². The Balaban J connectivity index is 1.42. The number of alkyl halides is 1. The number of H-pyrrole nitrogens is 1. The van der Waals surface area contributed by atoms with Crippen LogP contribution in [0.25, 0.3) is 27.8 Å². The highest BCUT2D eigenvalue weighted by atomic mass is 35.5. The van der Waals surface area contributed by atoms with E-state index in [1.165, 1.54) is 6.20 Å². The van der Waals surface area contributed by atoms with Gasteiger partial charge in [0.25, 0.3) is 0 Å². The van der Waals surface area contributed by atoms with E-state index in [4.69, 9.17) is 16.3 Å². The molecule has 4 heterocycles. The Morgan fingerprint density at radius 2 is 2.19 bits per heavy atom. The van der Waals surface area contributed by atoms with Gasteiger partial charge in [0, 0.05) is 35.2 Å². The fourth-order valence-corrected chi connectivity index (χ4v) is 4.66. The number of aromatic nitrogens is 5. The zero-order valence-corrected chi connectivity index (χ0v) is 17.5. The molecule has 3 aromatic heterocycles. The minimum atomic E-state index is -1.01. The highest BCUT2D eigenvalue weighted by Crippen LogP contribution is 2.43. The Kier molecular flexibility index (Phi) is 4.56. The van der Waals surface area contributed by atoms with Crippen LogP contribution in [0.15, 0.2) is 24.8 Å². The number of nitrogens with one attached hydrogen (secondary N) is 2. The molecular formula is C21H19ClF2N6O2. The van der Waals surface area contributed by atoms with Gasteiger partial charge in [-0.15, -0.1) is 0 Å². The first kappa shape index (κ1) is 19.8. The number of aliphatic hydroxyl groups excluding tert-OH is 1. The van der Waals surface area contributed by atoms with Gasteiger partial charge in [0.1, 0.15) is 24.0 Å². The van der Waals surface area contributed by atoms with Gasteiger partial charge in [-0.25, -0.2) is 13.8 Å². The molecule has 0 bridgehead atoms. The average molecular weight is 461 g/mol. The van der Waals surface area contributed by atoms with Crippen LogP contribution in [0, 0.1) is 11.7 Å². The smallest absolute Gasteiger partial charge is 0.157 e. The number of nitrogens with zero attached hydrogens (tertiary/aromatic N) is 4. The Morgan fingerprint density at radius 3 is 2.94 bits per heavy atom. The SMILES string of the molecule is OC(Nc1cn2cc(-c3c(Cl)c(F)c(C4CCCO4)c4[nH]ncc34)ncc2n1)[C@@H]1C[C@@H]1F. The van der Waals surface area contributed by atoms with Crippen molar-refractivity contribution in [2.75, 3.05) is 11.9 Å². The number of hydrogen-bond acceptors (Lipinski definition) is 6. The first-order chi connectivity index (χ1) is 15.5. The summed E-state index contributed by atoms with van der Waals surface area (Å²) in [7, 11) is 0. The van der Waals surface area contributed by atoms with Gasteiger partial charge in [0.05, 0.1) is 40.9 Å². The highest BCUT2D eigenvalue weighted by molar-refractivity contribution is 6.35. The van der Waals surface area contributed by atoms with Gasteiger partial charge in [-0.3, -0.25) is 10.1 Å². The van der Waals surface area contributed by atoms with E-state index in [1.807, 2.05) is 0 Å². The molecule has 3 N–H and O–H groups in total. The molecule has 2 aliphatic rings. The van der Waals surface area contributed by atoms with Crippen LogP contribution >= 0.6 is 11.6 Å². The lowest BCUT2D eigenvalue weighted by atomic mass is 9.98. The third-order valence-corrected chi connectivity index (χ3v) is 6.49. The Hall–Kier alpha value is -2.82. The summed E-state index contributed by atoms with van der Waals surface area (Å²) in [5.41, 5.74) is 2.28. The second kappa shape index (κ2) is 7.36. The first-order valence-corrected chi connectivity index (χ1v) is 10.8. The molecule has 32 heavy (non-hydrogen) atoms. The van der Waals surface area contributed by atoms with E-state index in [0.29, 0.717) is 58.6 Å². The molecule has 0 amide bonds. The van der Waals surface area contributed by atoms with Crippen LogP contribution in [-0.2, 0) is 4.74 Å². The van der Waals surface area contributed by atoms with E-state index in [2.05, 4.69) is 25.5 Å². The minimum absolute atomic E-state index is 0.0483. The molecule has 11 heteroatoms. The van der Waals surface area contributed by atoms with E-state index in [1.54, 1.807) is 23.0 Å². The van der Waals surface area contributed by atoms with E-state index < -0.39 is 24.1 Å². The zero-order chi connectivity index (χ0) is 22.0. The number of hydrogen-bond donors (Lipinski definition) is 3. The van der Waals surface area contributed by atoms with Gasteiger partial charge >= 0.3 is 0 Å². The maximum atomic E-state index is 15.4. The van der Waals surface area contributed by atoms with Crippen LogP contribution in [0.1, 0.15) is 30.9 Å². The molecule has 0 radical (unpaired) electrons. The fourth-order valence-electron chi connectivity index (χ4n) is 4.36. The summed E-state index contributed by atoms with van der Waals surface area (Å²) in [6, 6.07) is 0. The Morgan fingerprint density at radius 1 is 1.34 bits per heavy atom. The van der Waals surface area contributed by atoms with Gasteiger partial charge < -0.3 is 19.6 Å². The Labute approximate surface area is 185 Å². The fraction of sp³-hybridized carbons (Fsp3) is 0.381. The van der Waals surface area contributed by atoms with Crippen LogP contribution in [0.5, 0.6) is 0 Å². The number of ether oxygens (including phenoxy) is 1. The molecule has 8 nitrogen and oxygen atoms in total. The summed E-state index contributed by atoms with van der Waals surface area (Å²) in [5.74, 6) is -0.587. The lowest BCUT2D eigenvalue weighted by Gasteiger charge is -2.16. The number of imidazole rings is 1. The molecule has 2 unspecified atom stereocenters. The van der Waals surface area contributed by atoms with Crippen molar-refractivity contribution in [1.29, 1.82) is 0 Å². The Bertz CT molecular complexity index is 1340. The summed E-state index contributed by atoms with van der Waals surface area (Å²) in [5, 5.41) is 20.4. The van der Waals surface area contributed by atoms with Crippen LogP contribution in [0.2, 0.25) is 5.02 Å². The number of rotatable bonds is 5. The van der Waals surface area contributed by atoms with Crippen molar-refractivity contribution in [2.24, 2.45) is 5.92 Å². The van der Waals surface area contributed by atoms with E-state index in [9.17, 15) is 9.50 Å². The van der Waals surface area contributed by atoms with Crippen molar-refractivity contribution in [3.63, 3.8) is 0 Å². The van der Waals surface area contributed by atoms with E-state index in [0.717, 1.165) is 6.42 Å². The molecule has 1 aliphatic heterocycles. The zero-order valence-electron chi connectivity index (χ0n) is 16.7. The molecule has 1 aromatic carbocycles. The summed E-state index contributed by atoms with van der Waals surface area (Å²) >= 11 is 6.51. The maximum absolute atomic E-state index is 15.4. The minimum Gasteiger partial charge on any atom is -0.373 e.